The Morgan fingerprint density at radius 3 is 1.14 bits per heavy atom. The Kier molecular flexibility index (Phi) is 4.86. The molecule has 0 saturated carbocycles. The molecule has 2 nitrogen and oxygen atoms in total. The van der Waals surface area contributed by atoms with Crippen LogP contribution in [0.1, 0.15) is 0 Å². The number of aliphatic hydroxyl groups is 2. The van der Waals surface area contributed by atoms with E-state index in [1.54, 1.807) is 12.2 Å². The first-order chi connectivity index (χ1) is 6.43. The summed E-state index contributed by atoms with van der Waals surface area (Å²) >= 11 is 0. The quantitative estimate of drug-likeness (QED) is 0.515. The van der Waals surface area contributed by atoms with Crippen LogP contribution in [0.2, 0.25) is 0 Å². The number of hydrogen-bond acceptors (Lipinski definition) is 2. The maximum Gasteiger partial charge on any atom is 0.108 e. The van der Waals surface area contributed by atoms with Crippen molar-refractivity contribution in [2.24, 2.45) is 0 Å². The van der Waals surface area contributed by atoms with Crippen molar-refractivity contribution in [3.8, 4) is 0 Å². The van der Waals surface area contributed by atoms with Crippen LogP contribution in [0.5, 0.6) is 0 Å². The van der Waals surface area contributed by atoms with Crippen molar-refractivity contribution in [2.75, 3.05) is 0 Å². The zero-order valence-electron chi connectivity index (χ0n) is 8.03. The molecule has 0 fully saturated rings. The predicted octanol–water partition coefficient (Wildman–Crippen LogP) is 3.35. The molecule has 0 saturated heterocycles. The van der Waals surface area contributed by atoms with Crippen LogP contribution < -0.4 is 0 Å². The Morgan fingerprint density at radius 2 is 0.929 bits per heavy atom. The minimum Gasteiger partial charge on any atom is -0.509 e. The molecular weight excluding hydrogens is 176 g/mol. The molecule has 0 atom stereocenters. The molecule has 0 spiro atoms. The van der Waals surface area contributed by atoms with Crippen molar-refractivity contribution < 1.29 is 10.2 Å². The van der Waals surface area contributed by atoms with Gasteiger partial charge >= 0.3 is 0 Å². The van der Waals surface area contributed by atoms with E-state index in [9.17, 15) is 0 Å². The molecule has 0 radical (unpaired) electrons. The van der Waals surface area contributed by atoms with Gasteiger partial charge in [0.1, 0.15) is 11.5 Å². The third-order valence-electron chi connectivity index (χ3n) is 1.37. The smallest absolute Gasteiger partial charge is 0.108 e. The van der Waals surface area contributed by atoms with E-state index in [1.807, 2.05) is 0 Å². The molecule has 14 heavy (non-hydrogen) atoms. The van der Waals surface area contributed by atoms with Gasteiger partial charge in [0.05, 0.1) is 0 Å². The first-order valence-corrected chi connectivity index (χ1v) is 3.93. The number of aliphatic hydroxyl groups excluding tert-OH is 2. The molecule has 0 aromatic carbocycles. The summed E-state index contributed by atoms with van der Waals surface area (Å²) in [7, 11) is 0. The Hall–Kier alpha value is -1.96. The lowest BCUT2D eigenvalue weighted by Crippen LogP contribution is -1.79. The third kappa shape index (κ3) is 5.66. The highest BCUT2D eigenvalue weighted by Crippen LogP contribution is 2.09. The Balaban J connectivity index is 4.35. The van der Waals surface area contributed by atoms with E-state index in [2.05, 4.69) is 26.3 Å². The molecular formula is C12H14O2. The van der Waals surface area contributed by atoms with Gasteiger partial charge in [-0.15, -0.1) is 0 Å². The third-order valence-corrected chi connectivity index (χ3v) is 1.37. The number of allylic oxidation sites excluding steroid dienone is 6. The normalized spacial score (nSPS) is 10.6. The molecule has 0 bridgehead atoms. The fourth-order valence-corrected chi connectivity index (χ4v) is 0.608. The summed E-state index contributed by atoms with van der Waals surface area (Å²) in [5.74, 6) is -0.0935. The van der Waals surface area contributed by atoms with Gasteiger partial charge in [0.15, 0.2) is 0 Å². The van der Waals surface area contributed by atoms with Crippen LogP contribution in [0.25, 0.3) is 0 Å². The maximum absolute atomic E-state index is 8.78. The van der Waals surface area contributed by atoms with Gasteiger partial charge in [-0.3, -0.25) is 0 Å². The highest BCUT2D eigenvalue weighted by Gasteiger charge is 1.91. The second-order valence-electron chi connectivity index (χ2n) is 2.70. The minimum absolute atomic E-state index is 0.0468. The van der Waals surface area contributed by atoms with E-state index in [4.69, 9.17) is 10.2 Å². The molecule has 0 amide bonds. The van der Waals surface area contributed by atoms with E-state index >= 15 is 0 Å². The topological polar surface area (TPSA) is 40.5 Å². The summed E-state index contributed by atoms with van der Waals surface area (Å²) in [4.78, 5) is 0. The molecule has 0 heterocycles. The zero-order chi connectivity index (χ0) is 11.1. The lowest BCUT2D eigenvalue weighted by Gasteiger charge is -1.97. The molecule has 0 aliphatic rings. The van der Waals surface area contributed by atoms with Crippen molar-refractivity contribution in [3.05, 3.63) is 73.3 Å². The zero-order valence-corrected chi connectivity index (χ0v) is 8.03. The fourth-order valence-electron chi connectivity index (χ4n) is 0.608. The second-order valence-corrected chi connectivity index (χ2v) is 2.70. The van der Waals surface area contributed by atoms with Gasteiger partial charge in [-0.25, -0.2) is 0 Å². The fraction of sp³-hybridized carbons (Fsp3) is 0. The molecule has 0 rings (SSSR count). The summed E-state index contributed by atoms with van der Waals surface area (Å²) in [6.07, 6.45) is 5.98. The van der Waals surface area contributed by atoms with Gasteiger partial charge in [-0.1, -0.05) is 38.5 Å². The number of rotatable bonds is 5. The lowest BCUT2D eigenvalue weighted by molar-refractivity contribution is 0.434. The van der Waals surface area contributed by atoms with Crippen molar-refractivity contribution in [1.82, 2.24) is 0 Å². The van der Waals surface area contributed by atoms with Gasteiger partial charge in [0.25, 0.3) is 0 Å². The van der Waals surface area contributed by atoms with Gasteiger partial charge < -0.3 is 10.2 Å². The molecule has 0 unspecified atom stereocenters. The summed E-state index contributed by atoms with van der Waals surface area (Å²) in [5.41, 5.74) is 1.25. The Labute approximate surface area is 84.2 Å². The lowest BCUT2D eigenvalue weighted by atomic mass is 10.1. The molecule has 0 aliphatic carbocycles. The van der Waals surface area contributed by atoms with Crippen molar-refractivity contribution in [1.29, 1.82) is 0 Å². The van der Waals surface area contributed by atoms with Gasteiger partial charge in [-0.2, -0.15) is 0 Å². The van der Waals surface area contributed by atoms with Crippen LogP contribution in [0.15, 0.2) is 73.3 Å². The molecule has 0 aliphatic heterocycles. The van der Waals surface area contributed by atoms with Gasteiger partial charge in [0, 0.05) is 0 Å². The van der Waals surface area contributed by atoms with Crippen LogP contribution in [-0.4, -0.2) is 10.2 Å². The number of hydrogen-bond donors (Lipinski definition) is 2. The Morgan fingerprint density at radius 1 is 0.643 bits per heavy atom. The highest BCUT2D eigenvalue weighted by atomic mass is 16.3. The molecule has 0 aromatic heterocycles. The predicted molar refractivity (Wildman–Crippen MR) is 60.1 cm³/mol. The largest absolute Gasteiger partial charge is 0.509 e. The summed E-state index contributed by atoms with van der Waals surface area (Å²) in [6, 6.07) is 0. The van der Waals surface area contributed by atoms with Crippen LogP contribution in [0, 0.1) is 0 Å². The van der Waals surface area contributed by atoms with E-state index in [1.165, 1.54) is 12.2 Å². The summed E-state index contributed by atoms with van der Waals surface area (Å²) < 4.78 is 0. The average molecular weight is 190 g/mol. The average Bonchev–Trinajstić information content (AvgIpc) is 2.09. The summed E-state index contributed by atoms with van der Waals surface area (Å²) in [6.45, 7) is 14.0. The standard InChI is InChI=1S/C12H14O2/c1-9(5-7-11(3)13)10(2)6-8-12(4)14/h5-8,13-14H,1-4H2/b7-5-,8-6-. The molecule has 2 N–H and O–H groups in total. The second kappa shape index (κ2) is 5.65. The first-order valence-electron chi connectivity index (χ1n) is 3.93. The van der Waals surface area contributed by atoms with Gasteiger partial charge in [0.2, 0.25) is 0 Å². The van der Waals surface area contributed by atoms with E-state index in [0.29, 0.717) is 11.1 Å². The molecule has 2 heteroatoms. The Bertz CT molecular complexity index is 296. The van der Waals surface area contributed by atoms with E-state index < -0.39 is 0 Å². The highest BCUT2D eigenvalue weighted by molar-refractivity contribution is 5.44. The van der Waals surface area contributed by atoms with Crippen LogP contribution in [0.4, 0.5) is 0 Å². The van der Waals surface area contributed by atoms with Crippen molar-refractivity contribution in [3.63, 3.8) is 0 Å². The van der Waals surface area contributed by atoms with Crippen LogP contribution in [-0.2, 0) is 0 Å². The van der Waals surface area contributed by atoms with Gasteiger partial charge in [-0.05, 0) is 23.3 Å². The van der Waals surface area contributed by atoms with Crippen LogP contribution in [0.3, 0.4) is 0 Å². The van der Waals surface area contributed by atoms with Crippen molar-refractivity contribution in [2.45, 2.75) is 0 Å². The summed E-state index contributed by atoms with van der Waals surface area (Å²) in [5, 5.41) is 17.6. The monoisotopic (exact) mass is 190 g/mol. The van der Waals surface area contributed by atoms with Crippen molar-refractivity contribution >= 4 is 0 Å². The molecule has 0 aromatic rings. The van der Waals surface area contributed by atoms with E-state index in [-0.39, 0.29) is 11.5 Å². The minimum atomic E-state index is -0.0468. The molecule has 74 valence electrons. The SMILES string of the molecule is C=C(O)/C=C\C(=C)C(=C)/C=C\C(=C)O. The van der Waals surface area contributed by atoms with Crippen LogP contribution >= 0.6 is 0 Å². The van der Waals surface area contributed by atoms with E-state index in [0.717, 1.165) is 0 Å². The maximum atomic E-state index is 8.78. The first kappa shape index (κ1) is 12.0.